The average Bonchev–Trinajstić information content (AvgIpc) is 2.93. The summed E-state index contributed by atoms with van der Waals surface area (Å²) in [7, 11) is 1.99. The van der Waals surface area contributed by atoms with Crippen LogP contribution >= 0.6 is 23.2 Å². The minimum absolute atomic E-state index is 0.263. The van der Waals surface area contributed by atoms with Gasteiger partial charge in [0.05, 0.1) is 11.6 Å². The zero-order valence-electron chi connectivity index (χ0n) is 12.2. The van der Waals surface area contributed by atoms with Crippen LogP contribution in [0.5, 0.6) is 5.75 Å². The van der Waals surface area contributed by atoms with Crippen molar-refractivity contribution in [2.24, 2.45) is 5.92 Å². The van der Waals surface area contributed by atoms with E-state index in [4.69, 9.17) is 27.9 Å². The maximum Gasteiger partial charge on any atom is 0.139 e. The molecule has 0 bridgehead atoms. The Labute approximate surface area is 131 Å². The maximum atomic E-state index is 6.42. The highest BCUT2D eigenvalue weighted by molar-refractivity contribution is 6.34. The van der Waals surface area contributed by atoms with Crippen molar-refractivity contribution in [3.05, 3.63) is 27.7 Å². The second kappa shape index (κ2) is 7.53. The Morgan fingerprint density at radius 3 is 2.55 bits per heavy atom. The van der Waals surface area contributed by atoms with Gasteiger partial charge in [-0.2, -0.15) is 0 Å². The predicted molar refractivity (Wildman–Crippen MR) is 86.0 cm³/mol. The Hall–Kier alpha value is -0.440. The molecule has 1 aromatic carbocycles. The first-order valence-corrected chi connectivity index (χ1v) is 8.20. The molecule has 112 valence electrons. The maximum absolute atomic E-state index is 6.42. The number of halogens is 2. The van der Waals surface area contributed by atoms with Crippen LogP contribution < -0.4 is 10.1 Å². The molecule has 20 heavy (non-hydrogen) atoms. The summed E-state index contributed by atoms with van der Waals surface area (Å²) < 4.78 is 5.48. The molecule has 1 atom stereocenters. The molecule has 2 rings (SSSR count). The molecule has 4 heteroatoms. The lowest BCUT2D eigenvalue weighted by atomic mass is 9.93. The van der Waals surface area contributed by atoms with Crippen LogP contribution in [-0.2, 0) is 0 Å². The highest BCUT2D eigenvalue weighted by Gasteiger charge is 2.22. The van der Waals surface area contributed by atoms with Crippen molar-refractivity contribution in [3.63, 3.8) is 0 Å². The smallest absolute Gasteiger partial charge is 0.139 e. The van der Waals surface area contributed by atoms with Gasteiger partial charge in [-0.25, -0.2) is 0 Å². The monoisotopic (exact) mass is 315 g/mol. The van der Waals surface area contributed by atoms with E-state index in [1.54, 1.807) is 0 Å². The van der Waals surface area contributed by atoms with Crippen molar-refractivity contribution >= 4 is 23.2 Å². The molecule has 0 aliphatic heterocycles. The third kappa shape index (κ3) is 3.81. The third-order valence-corrected chi connectivity index (χ3v) is 4.74. The molecule has 0 saturated heterocycles. The molecule has 1 aliphatic rings. The first-order chi connectivity index (χ1) is 9.65. The molecule has 0 spiro atoms. The average molecular weight is 316 g/mol. The Kier molecular flexibility index (Phi) is 6.01. The van der Waals surface area contributed by atoms with E-state index in [1.165, 1.54) is 25.7 Å². The molecule has 1 unspecified atom stereocenters. The van der Waals surface area contributed by atoms with Gasteiger partial charge in [-0.15, -0.1) is 0 Å². The molecule has 1 aliphatic carbocycles. The second-order valence-corrected chi connectivity index (χ2v) is 6.28. The number of nitrogens with one attached hydrogen (secondary N) is 1. The van der Waals surface area contributed by atoms with Gasteiger partial charge < -0.3 is 10.1 Å². The molecule has 0 amide bonds. The minimum atomic E-state index is 0.263. The number of hydrogen-bond donors (Lipinski definition) is 1. The van der Waals surface area contributed by atoms with E-state index in [-0.39, 0.29) is 6.04 Å². The van der Waals surface area contributed by atoms with E-state index in [9.17, 15) is 0 Å². The fourth-order valence-electron chi connectivity index (χ4n) is 3.06. The van der Waals surface area contributed by atoms with Crippen molar-refractivity contribution in [1.82, 2.24) is 5.32 Å². The first kappa shape index (κ1) is 15.9. The molecule has 0 radical (unpaired) electrons. The summed E-state index contributed by atoms with van der Waals surface area (Å²) in [4.78, 5) is 0. The van der Waals surface area contributed by atoms with Crippen LogP contribution in [0, 0.1) is 5.92 Å². The fraction of sp³-hybridized carbons (Fsp3) is 0.625. The lowest BCUT2D eigenvalue weighted by molar-refractivity contribution is 0.340. The first-order valence-electron chi connectivity index (χ1n) is 7.44. The molecule has 2 nitrogen and oxygen atoms in total. The third-order valence-electron chi connectivity index (χ3n) is 4.12. The van der Waals surface area contributed by atoms with E-state index >= 15 is 0 Å². The van der Waals surface area contributed by atoms with Gasteiger partial charge in [-0.3, -0.25) is 0 Å². The topological polar surface area (TPSA) is 21.3 Å². The van der Waals surface area contributed by atoms with Crippen LogP contribution in [-0.4, -0.2) is 13.7 Å². The van der Waals surface area contributed by atoms with E-state index in [1.807, 2.05) is 26.1 Å². The van der Waals surface area contributed by atoms with Crippen LogP contribution in [0.4, 0.5) is 0 Å². The summed E-state index contributed by atoms with van der Waals surface area (Å²) in [6, 6.07) is 4.05. The van der Waals surface area contributed by atoms with Gasteiger partial charge in [-0.05, 0) is 37.9 Å². The van der Waals surface area contributed by atoms with E-state index in [0.29, 0.717) is 17.4 Å². The van der Waals surface area contributed by atoms with E-state index in [2.05, 4.69) is 5.32 Å². The van der Waals surface area contributed by atoms with Gasteiger partial charge in [-0.1, -0.05) is 48.9 Å². The number of ether oxygens (including phenoxy) is 1. The van der Waals surface area contributed by atoms with Crippen molar-refractivity contribution in [2.45, 2.75) is 45.1 Å². The molecule has 0 heterocycles. The molecule has 1 N–H and O–H groups in total. The molecule has 1 fully saturated rings. The molecule has 1 saturated carbocycles. The summed E-state index contributed by atoms with van der Waals surface area (Å²) in [6.07, 6.45) is 6.51. The lowest BCUT2D eigenvalue weighted by Gasteiger charge is -2.22. The standard InChI is InChI=1S/C16H23Cl2NO/c1-3-20-16-10-13(17)12(9-14(16)18)15(19-2)8-11-6-4-5-7-11/h9-11,15,19H,3-8H2,1-2H3. The Morgan fingerprint density at radius 1 is 1.25 bits per heavy atom. The van der Waals surface area contributed by atoms with Crippen molar-refractivity contribution in [3.8, 4) is 5.75 Å². The SMILES string of the molecule is CCOc1cc(Cl)c(C(CC2CCCC2)NC)cc1Cl. The van der Waals surface area contributed by atoms with Gasteiger partial charge in [0.15, 0.2) is 0 Å². The molecule has 0 aromatic heterocycles. The van der Waals surface area contributed by atoms with Crippen LogP contribution in [0.3, 0.4) is 0 Å². The van der Waals surface area contributed by atoms with Gasteiger partial charge in [0.2, 0.25) is 0 Å². The molecule has 1 aromatic rings. The lowest BCUT2D eigenvalue weighted by Crippen LogP contribution is -2.19. The highest BCUT2D eigenvalue weighted by Crippen LogP contribution is 2.38. The zero-order chi connectivity index (χ0) is 14.5. The van der Waals surface area contributed by atoms with Crippen LogP contribution in [0.1, 0.15) is 50.6 Å². The molecular formula is C16H23Cl2NO. The summed E-state index contributed by atoms with van der Waals surface area (Å²) in [5, 5.41) is 4.75. The number of hydrogen-bond acceptors (Lipinski definition) is 2. The van der Waals surface area contributed by atoms with Gasteiger partial charge in [0, 0.05) is 17.1 Å². The summed E-state index contributed by atoms with van der Waals surface area (Å²) >= 11 is 12.7. The minimum Gasteiger partial charge on any atom is -0.492 e. The quantitative estimate of drug-likeness (QED) is 0.775. The van der Waals surface area contributed by atoms with Crippen molar-refractivity contribution in [1.29, 1.82) is 0 Å². The number of benzene rings is 1. The second-order valence-electron chi connectivity index (χ2n) is 5.46. The fourth-order valence-corrected chi connectivity index (χ4v) is 3.57. The molecular weight excluding hydrogens is 293 g/mol. The summed E-state index contributed by atoms with van der Waals surface area (Å²) in [5.74, 6) is 1.47. The number of rotatable bonds is 6. The Balaban J connectivity index is 2.18. The van der Waals surface area contributed by atoms with Crippen LogP contribution in [0.15, 0.2) is 12.1 Å². The van der Waals surface area contributed by atoms with Gasteiger partial charge >= 0.3 is 0 Å². The zero-order valence-corrected chi connectivity index (χ0v) is 13.7. The Bertz CT molecular complexity index is 444. The van der Waals surface area contributed by atoms with E-state index < -0.39 is 0 Å². The summed E-state index contributed by atoms with van der Waals surface area (Å²) in [5.41, 5.74) is 1.08. The van der Waals surface area contributed by atoms with Gasteiger partial charge in [0.25, 0.3) is 0 Å². The van der Waals surface area contributed by atoms with Gasteiger partial charge in [0.1, 0.15) is 5.75 Å². The van der Waals surface area contributed by atoms with E-state index in [0.717, 1.165) is 22.9 Å². The predicted octanol–water partition coefficient (Wildman–Crippen LogP) is 5.23. The highest BCUT2D eigenvalue weighted by atomic mass is 35.5. The van der Waals surface area contributed by atoms with Crippen molar-refractivity contribution < 1.29 is 4.74 Å². The summed E-state index contributed by atoms with van der Waals surface area (Å²) in [6.45, 7) is 2.53. The van der Waals surface area contributed by atoms with Crippen molar-refractivity contribution in [2.75, 3.05) is 13.7 Å². The Morgan fingerprint density at radius 2 is 1.95 bits per heavy atom. The van der Waals surface area contributed by atoms with Crippen LogP contribution in [0.25, 0.3) is 0 Å². The van der Waals surface area contributed by atoms with Crippen LogP contribution in [0.2, 0.25) is 10.0 Å². The largest absolute Gasteiger partial charge is 0.492 e. The normalized spacial score (nSPS) is 17.4.